The minimum atomic E-state index is -0.174. The van der Waals surface area contributed by atoms with Crippen LogP contribution in [0.4, 0.5) is 5.69 Å². The Morgan fingerprint density at radius 3 is 2.75 bits per heavy atom. The van der Waals surface area contributed by atoms with E-state index in [1.165, 1.54) is 7.11 Å². The number of carbonyl (C=O) groups excluding carboxylic acids is 1. The molecule has 1 fully saturated rings. The zero-order chi connectivity index (χ0) is 14.5. The molecule has 0 spiro atoms. The fourth-order valence-electron chi connectivity index (χ4n) is 2.60. The zero-order valence-corrected chi connectivity index (χ0v) is 11.8. The molecular weight excluding hydrogens is 256 g/mol. The lowest BCUT2D eigenvalue weighted by Crippen LogP contribution is -2.32. The van der Waals surface area contributed by atoms with Gasteiger partial charge in [-0.15, -0.1) is 0 Å². The molecule has 2 rings (SSSR count). The van der Waals surface area contributed by atoms with Crippen molar-refractivity contribution in [2.24, 2.45) is 5.92 Å². The molecule has 20 heavy (non-hydrogen) atoms. The van der Waals surface area contributed by atoms with Crippen LogP contribution in [-0.4, -0.2) is 30.8 Å². The summed E-state index contributed by atoms with van der Waals surface area (Å²) < 4.78 is 5.11. The van der Waals surface area contributed by atoms with Crippen molar-refractivity contribution in [1.82, 2.24) is 5.32 Å². The van der Waals surface area contributed by atoms with Gasteiger partial charge in [0.2, 0.25) is 0 Å². The molecule has 0 aliphatic heterocycles. The van der Waals surface area contributed by atoms with E-state index < -0.39 is 0 Å². The lowest BCUT2D eigenvalue weighted by molar-refractivity contribution is 0.0911. The van der Waals surface area contributed by atoms with E-state index in [2.05, 4.69) is 5.32 Å². The number of para-hydroxylation sites is 1. The van der Waals surface area contributed by atoms with Crippen LogP contribution in [0.3, 0.4) is 0 Å². The van der Waals surface area contributed by atoms with E-state index in [9.17, 15) is 9.90 Å². The number of methoxy groups -OCH3 is 1. The predicted octanol–water partition coefficient (Wildman–Crippen LogP) is 1.56. The van der Waals surface area contributed by atoms with Crippen molar-refractivity contribution in [3.05, 3.63) is 23.8 Å². The first kappa shape index (κ1) is 14.7. The molecule has 1 aromatic carbocycles. The van der Waals surface area contributed by atoms with Gasteiger partial charge in [0.25, 0.3) is 5.91 Å². The summed E-state index contributed by atoms with van der Waals surface area (Å²) in [6.07, 6.45) is 3.38. The average Bonchev–Trinajstić information content (AvgIpc) is 2.46. The van der Waals surface area contributed by atoms with Gasteiger partial charge in [-0.25, -0.2) is 0 Å². The topological polar surface area (TPSA) is 84.6 Å². The van der Waals surface area contributed by atoms with E-state index in [1.807, 2.05) is 0 Å². The molecule has 1 aliphatic carbocycles. The van der Waals surface area contributed by atoms with Crippen LogP contribution in [0.5, 0.6) is 5.75 Å². The molecule has 0 saturated heterocycles. The van der Waals surface area contributed by atoms with E-state index >= 15 is 0 Å². The number of anilines is 1. The molecule has 0 atom stereocenters. The summed E-state index contributed by atoms with van der Waals surface area (Å²) in [7, 11) is 1.53. The minimum Gasteiger partial charge on any atom is -0.495 e. The van der Waals surface area contributed by atoms with E-state index in [4.69, 9.17) is 10.5 Å². The summed E-state index contributed by atoms with van der Waals surface area (Å²) >= 11 is 0. The number of benzene rings is 1. The van der Waals surface area contributed by atoms with Gasteiger partial charge < -0.3 is 20.9 Å². The first-order valence-corrected chi connectivity index (χ1v) is 7.00. The number of hydrogen-bond acceptors (Lipinski definition) is 4. The van der Waals surface area contributed by atoms with Crippen LogP contribution in [-0.2, 0) is 0 Å². The zero-order valence-electron chi connectivity index (χ0n) is 11.8. The van der Waals surface area contributed by atoms with E-state index in [1.54, 1.807) is 18.2 Å². The summed E-state index contributed by atoms with van der Waals surface area (Å²) in [6, 6.07) is 5.17. The number of aliphatic hydroxyl groups is 1. The fourth-order valence-corrected chi connectivity index (χ4v) is 2.60. The molecule has 110 valence electrons. The summed E-state index contributed by atoms with van der Waals surface area (Å²) in [6.45, 7) is 0.627. The first-order chi connectivity index (χ1) is 9.61. The molecule has 0 unspecified atom stereocenters. The number of ether oxygens (including phenoxy) is 1. The fraction of sp³-hybridized carbons (Fsp3) is 0.533. The Kier molecular flexibility index (Phi) is 4.84. The van der Waals surface area contributed by atoms with E-state index in [-0.39, 0.29) is 12.0 Å². The van der Waals surface area contributed by atoms with Gasteiger partial charge in [0.05, 0.1) is 24.5 Å². The van der Waals surface area contributed by atoms with Crippen LogP contribution < -0.4 is 15.8 Å². The van der Waals surface area contributed by atoms with Crippen LogP contribution in [0, 0.1) is 5.92 Å². The number of aliphatic hydroxyl groups excluding tert-OH is 1. The van der Waals surface area contributed by atoms with Crippen LogP contribution in [0.15, 0.2) is 18.2 Å². The molecule has 1 amide bonds. The minimum absolute atomic E-state index is 0.170. The molecule has 4 N–H and O–H groups in total. The lowest BCUT2D eigenvalue weighted by Gasteiger charge is -2.25. The predicted molar refractivity (Wildman–Crippen MR) is 77.7 cm³/mol. The molecule has 0 aromatic heterocycles. The molecule has 1 aliphatic rings. The maximum absolute atomic E-state index is 12.1. The van der Waals surface area contributed by atoms with E-state index in [0.29, 0.717) is 29.5 Å². The molecular formula is C15H22N2O3. The monoisotopic (exact) mass is 278 g/mol. The molecule has 5 heteroatoms. The Labute approximate surface area is 119 Å². The van der Waals surface area contributed by atoms with Gasteiger partial charge in [0.1, 0.15) is 5.75 Å². The normalized spacial score (nSPS) is 22.3. The number of nitrogens with one attached hydrogen (secondary N) is 1. The highest BCUT2D eigenvalue weighted by molar-refractivity contribution is 6.00. The van der Waals surface area contributed by atoms with Crippen LogP contribution in [0.2, 0.25) is 0 Å². The van der Waals surface area contributed by atoms with Crippen LogP contribution >= 0.6 is 0 Å². The second-order valence-corrected chi connectivity index (χ2v) is 5.31. The Hall–Kier alpha value is -1.75. The highest BCUT2D eigenvalue weighted by Gasteiger charge is 2.20. The third kappa shape index (κ3) is 3.42. The third-order valence-electron chi connectivity index (χ3n) is 3.90. The van der Waals surface area contributed by atoms with E-state index in [0.717, 1.165) is 25.7 Å². The quantitative estimate of drug-likeness (QED) is 0.730. The smallest absolute Gasteiger partial charge is 0.253 e. The average molecular weight is 278 g/mol. The number of hydrogen-bond donors (Lipinski definition) is 3. The van der Waals surface area contributed by atoms with Gasteiger partial charge in [-0.1, -0.05) is 6.07 Å². The Bertz CT molecular complexity index is 468. The van der Waals surface area contributed by atoms with Crippen molar-refractivity contribution < 1.29 is 14.6 Å². The number of amides is 1. The van der Waals surface area contributed by atoms with Gasteiger partial charge in [-0.3, -0.25) is 4.79 Å². The highest BCUT2D eigenvalue weighted by Crippen LogP contribution is 2.26. The lowest BCUT2D eigenvalue weighted by atomic mass is 9.87. The highest BCUT2D eigenvalue weighted by atomic mass is 16.5. The maximum Gasteiger partial charge on any atom is 0.253 e. The SMILES string of the molecule is COc1cccc(C(=O)NCC2CCC(O)CC2)c1N. The molecule has 0 bridgehead atoms. The van der Waals surface area contributed by atoms with Gasteiger partial charge in [0.15, 0.2) is 0 Å². The summed E-state index contributed by atoms with van der Waals surface area (Å²) in [5, 5.41) is 12.4. The van der Waals surface area contributed by atoms with Crippen LogP contribution in [0.25, 0.3) is 0 Å². The van der Waals surface area contributed by atoms with Gasteiger partial charge in [-0.2, -0.15) is 0 Å². The van der Waals surface area contributed by atoms with Crippen molar-refractivity contribution in [2.45, 2.75) is 31.8 Å². The molecule has 0 heterocycles. The largest absolute Gasteiger partial charge is 0.495 e. The van der Waals surface area contributed by atoms with Crippen molar-refractivity contribution in [3.8, 4) is 5.75 Å². The standard InChI is InChI=1S/C15H22N2O3/c1-20-13-4-2-3-12(14(13)16)15(19)17-9-10-5-7-11(18)8-6-10/h2-4,10-11,18H,5-9,16H2,1H3,(H,17,19). The molecule has 5 nitrogen and oxygen atoms in total. The van der Waals surface area contributed by atoms with Gasteiger partial charge >= 0.3 is 0 Å². The van der Waals surface area contributed by atoms with Crippen molar-refractivity contribution in [1.29, 1.82) is 0 Å². The van der Waals surface area contributed by atoms with Crippen molar-refractivity contribution in [3.63, 3.8) is 0 Å². The summed E-state index contributed by atoms with van der Waals surface area (Å²) in [5.41, 5.74) is 6.71. The summed E-state index contributed by atoms with van der Waals surface area (Å²) in [5.74, 6) is 0.778. The van der Waals surface area contributed by atoms with Crippen molar-refractivity contribution >= 4 is 11.6 Å². The van der Waals surface area contributed by atoms with Crippen molar-refractivity contribution in [2.75, 3.05) is 19.4 Å². The summed E-state index contributed by atoms with van der Waals surface area (Å²) in [4.78, 5) is 12.1. The maximum atomic E-state index is 12.1. The number of nitrogens with two attached hydrogens (primary N) is 1. The van der Waals surface area contributed by atoms with Gasteiger partial charge in [0, 0.05) is 6.54 Å². The molecule has 1 saturated carbocycles. The Morgan fingerprint density at radius 1 is 1.40 bits per heavy atom. The Balaban J connectivity index is 1.92. The first-order valence-electron chi connectivity index (χ1n) is 7.00. The second kappa shape index (κ2) is 6.61. The molecule has 0 radical (unpaired) electrons. The third-order valence-corrected chi connectivity index (χ3v) is 3.90. The second-order valence-electron chi connectivity index (χ2n) is 5.31. The number of nitrogen functional groups attached to an aromatic ring is 1. The Morgan fingerprint density at radius 2 is 2.10 bits per heavy atom. The number of carbonyl (C=O) groups is 1. The van der Waals surface area contributed by atoms with Gasteiger partial charge in [-0.05, 0) is 43.7 Å². The van der Waals surface area contributed by atoms with Crippen LogP contribution in [0.1, 0.15) is 36.0 Å². The molecule has 1 aromatic rings. The number of rotatable bonds is 4.